The van der Waals surface area contributed by atoms with Crippen molar-refractivity contribution in [2.24, 2.45) is 0 Å². The Bertz CT molecular complexity index is 464. The van der Waals surface area contributed by atoms with Gasteiger partial charge in [0.15, 0.2) is 5.65 Å². The summed E-state index contributed by atoms with van der Waals surface area (Å²) in [6.07, 6.45) is 12.0. The van der Waals surface area contributed by atoms with Crippen LogP contribution in [0.4, 0.5) is 0 Å². The van der Waals surface area contributed by atoms with Crippen molar-refractivity contribution in [3.63, 3.8) is 0 Å². The maximum atomic E-state index is 4.53. The predicted octanol–water partition coefficient (Wildman–Crippen LogP) is 3.61. The summed E-state index contributed by atoms with van der Waals surface area (Å²) in [5, 5.41) is 0. The quantitative estimate of drug-likeness (QED) is 0.784. The summed E-state index contributed by atoms with van der Waals surface area (Å²) in [5.74, 6) is 0. The van der Waals surface area contributed by atoms with E-state index in [2.05, 4.69) is 39.0 Å². The van der Waals surface area contributed by atoms with E-state index >= 15 is 0 Å². The van der Waals surface area contributed by atoms with Gasteiger partial charge in [-0.2, -0.15) is 0 Å². The molecule has 0 N–H and O–H groups in total. The fourth-order valence-electron chi connectivity index (χ4n) is 1.78. The smallest absolute Gasteiger partial charge is 0.155 e. The highest BCUT2D eigenvalue weighted by atomic mass is 79.9. The number of nitrogens with zero attached hydrogens (tertiary/aromatic N) is 3. The van der Waals surface area contributed by atoms with Gasteiger partial charge >= 0.3 is 0 Å². The molecule has 0 aliphatic rings. The third-order valence-corrected chi connectivity index (χ3v) is 3.06. The van der Waals surface area contributed by atoms with Gasteiger partial charge in [0.05, 0.1) is 11.9 Å². The highest BCUT2D eigenvalue weighted by Crippen LogP contribution is 2.11. The summed E-state index contributed by atoms with van der Waals surface area (Å²) in [4.78, 5) is 8.69. The van der Waals surface area contributed by atoms with Gasteiger partial charge in [0.2, 0.25) is 0 Å². The van der Waals surface area contributed by atoms with Crippen LogP contribution in [0.1, 0.15) is 38.3 Å². The van der Waals surface area contributed by atoms with Gasteiger partial charge in [0.25, 0.3) is 0 Å². The number of halogens is 1. The Morgan fingerprint density at radius 1 is 1.25 bits per heavy atom. The zero-order valence-electron chi connectivity index (χ0n) is 9.49. The van der Waals surface area contributed by atoms with E-state index < -0.39 is 0 Å². The van der Waals surface area contributed by atoms with Crippen LogP contribution in [0.15, 0.2) is 23.2 Å². The van der Waals surface area contributed by atoms with Crippen LogP contribution in [0.3, 0.4) is 0 Å². The molecule has 0 unspecified atom stereocenters. The Labute approximate surface area is 104 Å². The Morgan fingerprint density at radius 3 is 2.94 bits per heavy atom. The molecule has 2 aromatic rings. The minimum atomic E-state index is 0.843. The van der Waals surface area contributed by atoms with Crippen molar-refractivity contribution >= 4 is 21.6 Å². The van der Waals surface area contributed by atoms with Crippen LogP contribution in [0.5, 0.6) is 0 Å². The van der Waals surface area contributed by atoms with Crippen molar-refractivity contribution in [3.05, 3.63) is 28.9 Å². The number of rotatable bonds is 5. The van der Waals surface area contributed by atoms with Gasteiger partial charge in [0, 0.05) is 12.4 Å². The molecule has 2 rings (SSSR count). The van der Waals surface area contributed by atoms with Crippen LogP contribution in [-0.2, 0) is 6.42 Å². The van der Waals surface area contributed by atoms with Gasteiger partial charge in [-0.1, -0.05) is 26.2 Å². The molecule has 4 heteroatoms. The number of aryl methyl sites for hydroxylation is 1. The highest BCUT2D eigenvalue weighted by molar-refractivity contribution is 9.10. The zero-order chi connectivity index (χ0) is 11.4. The van der Waals surface area contributed by atoms with Crippen molar-refractivity contribution in [2.75, 3.05) is 0 Å². The van der Waals surface area contributed by atoms with E-state index in [0.717, 1.165) is 22.4 Å². The zero-order valence-corrected chi connectivity index (χ0v) is 11.1. The van der Waals surface area contributed by atoms with Gasteiger partial charge in [0.1, 0.15) is 4.60 Å². The van der Waals surface area contributed by atoms with Gasteiger partial charge in [-0.15, -0.1) is 0 Å². The van der Waals surface area contributed by atoms with E-state index in [4.69, 9.17) is 0 Å². The predicted molar refractivity (Wildman–Crippen MR) is 68.5 cm³/mol. The standard InChI is InChI=1S/C12H16BrN3/c1-2-3-4-5-6-10-8-16-9-11(13)14-7-12(16)15-10/h7-9H,2-6H2,1H3. The van der Waals surface area contributed by atoms with Crippen molar-refractivity contribution in [1.82, 2.24) is 14.4 Å². The van der Waals surface area contributed by atoms with Crippen LogP contribution in [0.2, 0.25) is 0 Å². The third kappa shape index (κ3) is 2.82. The first kappa shape index (κ1) is 11.6. The van der Waals surface area contributed by atoms with E-state index in [1.165, 1.54) is 25.7 Å². The van der Waals surface area contributed by atoms with Gasteiger partial charge in [-0.3, -0.25) is 0 Å². The summed E-state index contributed by atoms with van der Waals surface area (Å²) in [5.41, 5.74) is 2.09. The maximum Gasteiger partial charge on any atom is 0.155 e. The van der Waals surface area contributed by atoms with E-state index in [0.29, 0.717) is 0 Å². The molecule has 0 spiro atoms. The average molecular weight is 282 g/mol. The van der Waals surface area contributed by atoms with Crippen LogP contribution in [0, 0.1) is 0 Å². The Kier molecular flexibility index (Phi) is 3.93. The number of hydrogen-bond acceptors (Lipinski definition) is 2. The minimum Gasteiger partial charge on any atom is -0.303 e. The first-order valence-electron chi connectivity index (χ1n) is 5.78. The number of hydrogen-bond donors (Lipinski definition) is 0. The molecule has 86 valence electrons. The summed E-state index contributed by atoms with van der Waals surface area (Å²) in [6.45, 7) is 2.23. The lowest BCUT2D eigenvalue weighted by molar-refractivity contribution is 0.662. The van der Waals surface area contributed by atoms with E-state index in [9.17, 15) is 0 Å². The van der Waals surface area contributed by atoms with Crippen LogP contribution in [-0.4, -0.2) is 14.4 Å². The molecule has 0 atom stereocenters. The van der Waals surface area contributed by atoms with Gasteiger partial charge < -0.3 is 4.40 Å². The molecule has 0 saturated heterocycles. The minimum absolute atomic E-state index is 0.843. The number of aromatic nitrogens is 3. The van der Waals surface area contributed by atoms with Gasteiger partial charge in [-0.05, 0) is 28.8 Å². The monoisotopic (exact) mass is 281 g/mol. The fourth-order valence-corrected chi connectivity index (χ4v) is 2.10. The van der Waals surface area contributed by atoms with Crippen molar-refractivity contribution in [2.45, 2.75) is 39.0 Å². The molecule has 0 bridgehead atoms. The molecule has 0 amide bonds. The topological polar surface area (TPSA) is 30.2 Å². The molecule has 0 aliphatic heterocycles. The lowest BCUT2D eigenvalue weighted by Gasteiger charge is -1.95. The molecule has 16 heavy (non-hydrogen) atoms. The summed E-state index contributed by atoms with van der Waals surface area (Å²) in [6, 6.07) is 0. The molecular weight excluding hydrogens is 266 g/mol. The second kappa shape index (κ2) is 5.43. The molecule has 0 radical (unpaired) electrons. The van der Waals surface area contributed by atoms with Gasteiger partial charge in [-0.25, -0.2) is 9.97 Å². The SMILES string of the molecule is CCCCCCc1cn2cc(Br)ncc2n1. The molecule has 2 heterocycles. The first-order chi connectivity index (χ1) is 7.79. The second-order valence-electron chi connectivity index (χ2n) is 4.02. The van der Waals surface area contributed by atoms with Crippen molar-refractivity contribution in [3.8, 4) is 0 Å². The summed E-state index contributed by atoms with van der Waals surface area (Å²) >= 11 is 3.36. The Morgan fingerprint density at radius 2 is 2.12 bits per heavy atom. The summed E-state index contributed by atoms with van der Waals surface area (Å²) < 4.78 is 2.86. The highest BCUT2D eigenvalue weighted by Gasteiger charge is 2.02. The Balaban J connectivity index is 2.02. The number of unbranched alkanes of at least 4 members (excludes halogenated alkanes) is 3. The lowest BCUT2D eigenvalue weighted by atomic mass is 10.1. The normalized spacial score (nSPS) is 11.1. The fraction of sp³-hybridized carbons (Fsp3) is 0.500. The van der Waals surface area contributed by atoms with Crippen LogP contribution in [0.25, 0.3) is 5.65 Å². The number of imidazole rings is 1. The van der Waals surface area contributed by atoms with Crippen molar-refractivity contribution in [1.29, 1.82) is 0 Å². The van der Waals surface area contributed by atoms with Crippen molar-refractivity contribution < 1.29 is 0 Å². The molecule has 3 nitrogen and oxygen atoms in total. The number of fused-ring (bicyclic) bond motifs is 1. The molecule has 0 fully saturated rings. The van der Waals surface area contributed by atoms with Crippen LogP contribution >= 0.6 is 15.9 Å². The third-order valence-electron chi connectivity index (χ3n) is 2.65. The van der Waals surface area contributed by atoms with E-state index in [1.54, 1.807) is 6.20 Å². The van der Waals surface area contributed by atoms with Crippen LogP contribution < -0.4 is 0 Å². The first-order valence-corrected chi connectivity index (χ1v) is 6.58. The molecule has 2 aromatic heterocycles. The maximum absolute atomic E-state index is 4.53. The summed E-state index contributed by atoms with van der Waals surface area (Å²) in [7, 11) is 0. The lowest BCUT2D eigenvalue weighted by Crippen LogP contribution is -1.85. The Hall–Kier alpha value is -0.900. The molecular formula is C12H16BrN3. The molecule has 0 saturated carbocycles. The molecule has 0 aliphatic carbocycles. The second-order valence-corrected chi connectivity index (χ2v) is 4.83. The average Bonchev–Trinajstić information content (AvgIpc) is 2.66. The van der Waals surface area contributed by atoms with E-state index in [1.807, 2.05) is 10.6 Å². The molecule has 0 aromatic carbocycles. The largest absolute Gasteiger partial charge is 0.303 e. The van der Waals surface area contributed by atoms with E-state index in [-0.39, 0.29) is 0 Å².